The summed E-state index contributed by atoms with van der Waals surface area (Å²) in [6.45, 7) is 1.88. The highest BCUT2D eigenvalue weighted by atomic mass is 16.5. The van der Waals surface area contributed by atoms with E-state index < -0.39 is 11.6 Å². The van der Waals surface area contributed by atoms with Crippen molar-refractivity contribution < 1.29 is 14.3 Å². The van der Waals surface area contributed by atoms with E-state index in [9.17, 15) is 14.4 Å². The topological polar surface area (TPSA) is 95.3 Å². The number of H-pyrrole nitrogens is 2. The Labute approximate surface area is 97.8 Å². The minimum absolute atomic E-state index is 0.162. The van der Waals surface area contributed by atoms with Gasteiger partial charge in [0.15, 0.2) is 0 Å². The van der Waals surface area contributed by atoms with Crippen molar-refractivity contribution in [2.24, 2.45) is 5.92 Å². The molecule has 2 N–H and O–H groups in total. The Bertz CT molecular complexity index is 462. The number of rotatable bonds is 4. The second-order valence-electron chi connectivity index (χ2n) is 3.77. The first-order valence-corrected chi connectivity index (χ1v) is 5.06. The molecule has 17 heavy (non-hydrogen) atoms. The third kappa shape index (κ3) is 3.20. The molecule has 0 bridgehead atoms. The van der Waals surface area contributed by atoms with E-state index in [2.05, 4.69) is 14.7 Å². The Kier molecular flexibility index (Phi) is 4.08. The quantitative estimate of drug-likeness (QED) is 0.700. The first-order chi connectivity index (χ1) is 7.95. The molecular formula is C10H15N3O4. The molecule has 1 heterocycles. The smallest absolute Gasteiger partial charge is 0.323 e. The number of ether oxygens (including phenoxy) is 1. The summed E-state index contributed by atoms with van der Waals surface area (Å²) in [5.74, 6) is -1.16. The molecule has 7 nitrogen and oxygen atoms in total. The van der Waals surface area contributed by atoms with Crippen LogP contribution >= 0.6 is 0 Å². The van der Waals surface area contributed by atoms with E-state index >= 15 is 0 Å². The highest BCUT2D eigenvalue weighted by molar-refractivity contribution is 5.92. The second kappa shape index (κ2) is 5.33. The summed E-state index contributed by atoms with van der Waals surface area (Å²) in [7, 11) is 2.84. The second-order valence-corrected chi connectivity index (χ2v) is 3.77. The Morgan fingerprint density at radius 1 is 1.53 bits per heavy atom. The van der Waals surface area contributed by atoms with Crippen LogP contribution in [0.3, 0.4) is 0 Å². The first-order valence-electron chi connectivity index (χ1n) is 5.06. The Balaban J connectivity index is 2.65. The molecule has 0 aromatic carbocycles. The maximum atomic E-state index is 11.8. The van der Waals surface area contributed by atoms with Gasteiger partial charge in [-0.2, -0.15) is 0 Å². The first kappa shape index (κ1) is 13.0. The lowest BCUT2D eigenvalue weighted by atomic mass is 10.1. The van der Waals surface area contributed by atoms with Crippen LogP contribution in [-0.4, -0.2) is 47.4 Å². The number of hydrogen-bond donors (Lipinski definition) is 2. The number of hydrogen-bond acceptors (Lipinski definition) is 4. The zero-order valence-electron chi connectivity index (χ0n) is 9.94. The summed E-state index contributed by atoms with van der Waals surface area (Å²) in [4.78, 5) is 39.9. The molecular weight excluding hydrogens is 226 g/mol. The van der Waals surface area contributed by atoms with Gasteiger partial charge in [-0.25, -0.2) is 4.79 Å². The fourth-order valence-electron chi connectivity index (χ4n) is 1.42. The summed E-state index contributed by atoms with van der Waals surface area (Å²) in [5.41, 5.74) is -0.280. The van der Waals surface area contributed by atoms with E-state index in [1.165, 1.54) is 18.2 Å². The predicted molar refractivity (Wildman–Crippen MR) is 59.6 cm³/mol. The van der Waals surface area contributed by atoms with E-state index in [0.717, 1.165) is 0 Å². The fourth-order valence-corrected chi connectivity index (χ4v) is 1.42. The number of esters is 1. The molecule has 1 atom stereocenters. The van der Waals surface area contributed by atoms with Crippen molar-refractivity contribution in [1.82, 2.24) is 14.9 Å². The van der Waals surface area contributed by atoms with Gasteiger partial charge in [-0.1, -0.05) is 6.92 Å². The third-order valence-corrected chi connectivity index (χ3v) is 2.32. The Hall–Kier alpha value is -2.05. The highest BCUT2D eigenvalue weighted by Gasteiger charge is 2.20. The number of carbonyl (C=O) groups is 2. The average Bonchev–Trinajstić information content (AvgIpc) is 2.73. The minimum Gasteiger partial charge on any atom is -0.469 e. The molecule has 0 saturated heterocycles. The van der Waals surface area contributed by atoms with Gasteiger partial charge in [-0.15, -0.1) is 0 Å². The van der Waals surface area contributed by atoms with Gasteiger partial charge >= 0.3 is 11.7 Å². The molecule has 0 radical (unpaired) electrons. The van der Waals surface area contributed by atoms with E-state index in [4.69, 9.17) is 0 Å². The number of aromatic amines is 2. The zero-order valence-corrected chi connectivity index (χ0v) is 9.94. The largest absolute Gasteiger partial charge is 0.469 e. The van der Waals surface area contributed by atoms with Crippen LogP contribution in [0.25, 0.3) is 0 Å². The van der Waals surface area contributed by atoms with E-state index in [0.29, 0.717) is 0 Å². The monoisotopic (exact) mass is 241 g/mol. The number of amides is 1. The molecule has 0 aliphatic carbocycles. The van der Waals surface area contributed by atoms with Crippen LogP contribution in [0.5, 0.6) is 0 Å². The van der Waals surface area contributed by atoms with Gasteiger partial charge in [0.05, 0.1) is 13.0 Å². The van der Waals surface area contributed by atoms with Crippen LogP contribution in [0.15, 0.2) is 11.0 Å². The van der Waals surface area contributed by atoms with E-state index in [1.807, 2.05) is 0 Å². The molecule has 1 unspecified atom stereocenters. The molecule has 0 aliphatic rings. The van der Waals surface area contributed by atoms with Gasteiger partial charge in [0.2, 0.25) is 0 Å². The molecule has 1 rings (SSSR count). The summed E-state index contributed by atoms with van der Waals surface area (Å²) in [6.07, 6.45) is 1.30. The molecule has 1 amide bonds. The summed E-state index contributed by atoms with van der Waals surface area (Å²) in [6, 6.07) is 0. The number of methoxy groups -OCH3 is 1. The van der Waals surface area contributed by atoms with Gasteiger partial charge in [0.25, 0.3) is 5.91 Å². The minimum atomic E-state index is -0.442. The van der Waals surface area contributed by atoms with Crippen LogP contribution in [-0.2, 0) is 9.53 Å². The summed E-state index contributed by atoms with van der Waals surface area (Å²) < 4.78 is 4.56. The molecule has 1 aromatic rings. The van der Waals surface area contributed by atoms with Crippen molar-refractivity contribution in [3.63, 3.8) is 0 Å². The lowest BCUT2D eigenvalue weighted by Gasteiger charge is -2.19. The van der Waals surface area contributed by atoms with Crippen LogP contribution in [0.1, 0.15) is 17.4 Å². The summed E-state index contributed by atoms with van der Waals surface area (Å²) >= 11 is 0. The standard InChI is InChI=1S/C10H15N3O4/c1-6(9(15)17-3)5-13(2)8(14)7-4-11-10(16)12-7/h4,6H,5H2,1-3H3,(H2,11,12,16). The SMILES string of the molecule is COC(=O)C(C)CN(C)C(=O)c1c[nH]c(=O)[nH]1. The zero-order chi connectivity index (χ0) is 13.0. The molecule has 1 aromatic heterocycles. The normalized spacial score (nSPS) is 11.9. The number of aromatic nitrogens is 2. The highest BCUT2D eigenvalue weighted by Crippen LogP contribution is 2.03. The van der Waals surface area contributed by atoms with E-state index in [-0.39, 0.29) is 24.1 Å². The lowest BCUT2D eigenvalue weighted by Crippen LogP contribution is -2.34. The van der Waals surface area contributed by atoms with Gasteiger partial charge in [-0.05, 0) is 0 Å². The van der Waals surface area contributed by atoms with Gasteiger partial charge in [0.1, 0.15) is 5.69 Å². The number of imidazole rings is 1. The van der Waals surface area contributed by atoms with Gasteiger partial charge < -0.3 is 19.6 Å². The van der Waals surface area contributed by atoms with Crippen molar-refractivity contribution in [2.75, 3.05) is 20.7 Å². The van der Waals surface area contributed by atoms with Crippen LogP contribution < -0.4 is 5.69 Å². The Morgan fingerprint density at radius 2 is 2.18 bits per heavy atom. The molecule has 7 heteroatoms. The molecule has 0 fully saturated rings. The van der Waals surface area contributed by atoms with E-state index in [1.54, 1.807) is 14.0 Å². The predicted octanol–water partition coefficient (Wildman–Crippen LogP) is -0.416. The maximum Gasteiger partial charge on any atom is 0.323 e. The molecule has 0 saturated carbocycles. The summed E-state index contributed by atoms with van der Waals surface area (Å²) in [5, 5.41) is 0. The number of nitrogens with zero attached hydrogens (tertiary/aromatic N) is 1. The van der Waals surface area contributed by atoms with Crippen molar-refractivity contribution in [3.05, 3.63) is 22.4 Å². The Morgan fingerprint density at radius 3 is 2.65 bits per heavy atom. The third-order valence-electron chi connectivity index (χ3n) is 2.32. The van der Waals surface area contributed by atoms with Crippen molar-refractivity contribution in [3.8, 4) is 0 Å². The number of nitrogens with one attached hydrogen (secondary N) is 2. The lowest BCUT2D eigenvalue weighted by molar-refractivity contribution is -0.145. The van der Waals surface area contributed by atoms with Crippen LogP contribution in [0.4, 0.5) is 0 Å². The molecule has 0 spiro atoms. The van der Waals surface area contributed by atoms with Crippen molar-refractivity contribution in [1.29, 1.82) is 0 Å². The average molecular weight is 241 g/mol. The maximum absolute atomic E-state index is 11.8. The van der Waals surface area contributed by atoms with Crippen LogP contribution in [0.2, 0.25) is 0 Å². The number of carbonyl (C=O) groups excluding carboxylic acids is 2. The molecule has 0 aliphatic heterocycles. The van der Waals surface area contributed by atoms with Gasteiger partial charge in [0, 0.05) is 19.8 Å². The van der Waals surface area contributed by atoms with Crippen LogP contribution in [0, 0.1) is 5.92 Å². The fraction of sp³-hybridized carbons (Fsp3) is 0.500. The molecule has 94 valence electrons. The van der Waals surface area contributed by atoms with Crippen molar-refractivity contribution in [2.45, 2.75) is 6.92 Å². The van der Waals surface area contributed by atoms with Gasteiger partial charge in [-0.3, -0.25) is 9.59 Å². The van der Waals surface area contributed by atoms with Crippen molar-refractivity contribution >= 4 is 11.9 Å².